The van der Waals surface area contributed by atoms with Crippen LogP contribution in [0, 0.1) is 11.8 Å². The summed E-state index contributed by atoms with van der Waals surface area (Å²) >= 11 is 0. The number of phosphoric acid groups is 3. The largest absolute Gasteiger partial charge is 0.490 e. The number of aliphatic carboxylic acids is 2. The molecule has 2 heterocycles. The number of carboxylic acids is 2. The van der Waals surface area contributed by atoms with E-state index in [1.165, 1.54) is 21.6 Å². The maximum Gasteiger partial charge on any atom is 0.490 e. The number of fused-ring (bicyclic) bond motifs is 3. The Balaban J connectivity index is 1.08. The van der Waals surface area contributed by atoms with Crippen LogP contribution in [0.1, 0.15) is 73.8 Å². The van der Waals surface area contributed by atoms with E-state index in [0.717, 1.165) is 33.0 Å². The maximum absolute atomic E-state index is 13.4. The van der Waals surface area contributed by atoms with Crippen LogP contribution in [0.2, 0.25) is 0 Å². The fourth-order valence-electron chi connectivity index (χ4n) is 7.50. The summed E-state index contributed by atoms with van der Waals surface area (Å²) in [5.74, 6) is 0.590. The van der Waals surface area contributed by atoms with E-state index in [4.69, 9.17) is 29.5 Å². The lowest BCUT2D eigenvalue weighted by Crippen LogP contribution is -2.48. The number of aromatic nitrogens is 2. The average molecular weight is 1180 g/mol. The van der Waals surface area contributed by atoms with Gasteiger partial charge >= 0.3 is 47.2 Å². The monoisotopic (exact) mass is 1180 g/mol. The average Bonchev–Trinajstić information content (AvgIpc) is 3.87. The summed E-state index contributed by atoms with van der Waals surface area (Å²) in [5.41, 5.74) is 1.80. The Labute approximate surface area is 444 Å². The molecule has 77 heavy (non-hydrogen) atoms. The maximum atomic E-state index is 13.4. The van der Waals surface area contributed by atoms with Gasteiger partial charge in [0.15, 0.2) is 0 Å². The highest BCUT2D eigenvalue weighted by Crippen LogP contribution is 2.66. The molecule has 5 rings (SSSR count). The van der Waals surface area contributed by atoms with Crippen molar-refractivity contribution in [3.63, 3.8) is 0 Å². The molecule has 3 aromatic rings. The Kier molecular flexibility index (Phi) is 23.3. The first kappa shape index (κ1) is 62.2. The molecule has 34 heteroatoms. The van der Waals surface area contributed by atoms with Crippen molar-refractivity contribution in [3.8, 4) is 23.0 Å². The molecule has 2 aromatic carbocycles. The molecule has 1 fully saturated rings. The van der Waals surface area contributed by atoms with Gasteiger partial charge in [-0.05, 0) is 35.1 Å². The van der Waals surface area contributed by atoms with Crippen molar-refractivity contribution in [1.82, 2.24) is 30.8 Å². The number of benzene rings is 2. The Bertz CT molecular complexity index is 2940. The zero-order valence-electron chi connectivity index (χ0n) is 40.1. The minimum Gasteiger partial charge on any atom is -0.481 e. The van der Waals surface area contributed by atoms with Crippen LogP contribution in [0.3, 0.4) is 0 Å². The van der Waals surface area contributed by atoms with Crippen molar-refractivity contribution in [2.45, 2.75) is 81.4 Å². The van der Waals surface area contributed by atoms with E-state index in [9.17, 15) is 66.9 Å². The van der Waals surface area contributed by atoms with E-state index >= 15 is 0 Å². The Morgan fingerprint density at radius 1 is 0.818 bits per heavy atom. The van der Waals surface area contributed by atoms with E-state index in [1.54, 1.807) is 0 Å². The lowest BCUT2D eigenvalue weighted by atomic mass is 9.98. The summed E-state index contributed by atoms with van der Waals surface area (Å²) in [6, 6.07) is 12.8. The number of amides is 4. The van der Waals surface area contributed by atoms with Crippen LogP contribution in [-0.4, -0.2) is 142 Å². The van der Waals surface area contributed by atoms with Crippen molar-refractivity contribution in [2.75, 3.05) is 37.8 Å². The summed E-state index contributed by atoms with van der Waals surface area (Å²) in [4.78, 5) is 137. The molecule has 1 saturated heterocycles. The fraction of sp³-hybridized carbons (Fsp3) is 0.442. The van der Waals surface area contributed by atoms with E-state index < -0.39 is 114 Å². The second-order valence-corrected chi connectivity index (χ2v) is 23.7. The molecular formula is C43H53N6O23P3S2. The van der Waals surface area contributed by atoms with Crippen LogP contribution in [0.5, 0.6) is 0 Å². The van der Waals surface area contributed by atoms with Gasteiger partial charge in [0, 0.05) is 49.4 Å². The Morgan fingerprint density at radius 3 is 2.14 bits per heavy atom. The number of nitrogens with one attached hydrogen (secondary N) is 5. The minimum atomic E-state index is -5.82. The predicted molar refractivity (Wildman–Crippen MR) is 270 cm³/mol. The van der Waals surface area contributed by atoms with E-state index in [0.29, 0.717) is 19.3 Å². The molecule has 0 saturated carbocycles. The van der Waals surface area contributed by atoms with E-state index in [1.807, 2.05) is 53.5 Å². The van der Waals surface area contributed by atoms with Crippen molar-refractivity contribution in [2.24, 2.45) is 0 Å². The number of ether oxygens (including phenoxy) is 2. The van der Waals surface area contributed by atoms with Crippen LogP contribution >= 0.6 is 45.1 Å². The molecule has 420 valence electrons. The van der Waals surface area contributed by atoms with Gasteiger partial charge in [-0.1, -0.05) is 88.4 Å². The summed E-state index contributed by atoms with van der Waals surface area (Å²) in [5, 5.41) is 38.6. The molecule has 29 nitrogen and oxygen atoms in total. The second kappa shape index (κ2) is 28.8. The Hall–Kier alpha value is -5.67. The highest BCUT2D eigenvalue weighted by atomic mass is 33.1. The third-order valence-corrected chi connectivity index (χ3v) is 17.2. The summed E-state index contributed by atoms with van der Waals surface area (Å²) in [6.45, 7) is -1.14. The topological polar surface area (TPSA) is 444 Å². The van der Waals surface area contributed by atoms with Gasteiger partial charge in [-0.15, -0.1) is 0 Å². The third kappa shape index (κ3) is 20.3. The SMILES string of the molecule is O=C(O)CC(NC(=O)CCCCCNC(=O)C(CSSCCC(=O)NCC#Cc1cn(C2CC(O)C(COP(=O)(O)OP(=O)(O)OP(=O)(O)O)O2)c(=O)[nH]c1=O)NC(=O)OCC1c2ccccc2-c2ccccc21)C(=O)O. The van der Waals surface area contributed by atoms with Crippen LogP contribution in [0.15, 0.2) is 64.3 Å². The lowest BCUT2D eigenvalue weighted by molar-refractivity contribution is -0.147. The highest BCUT2D eigenvalue weighted by molar-refractivity contribution is 8.76. The number of phosphoric ester groups is 1. The molecule has 12 N–H and O–H groups in total. The second-order valence-electron chi connectivity index (χ2n) is 16.6. The summed E-state index contributed by atoms with van der Waals surface area (Å²) in [6.07, 6.45) is -4.26. The smallest absolute Gasteiger partial charge is 0.481 e. The van der Waals surface area contributed by atoms with Crippen LogP contribution < -0.4 is 32.5 Å². The molecule has 4 amide bonds. The van der Waals surface area contributed by atoms with E-state index in [-0.39, 0.29) is 61.9 Å². The van der Waals surface area contributed by atoms with Crippen LogP contribution in [-0.2, 0) is 60.3 Å². The van der Waals surface area contributed by atoms with Gasteiger partial charge in [-0.3, -0.25) is 38.0 Å². The number of nitrogens with zero attached hydrogens (tertiary/aromatic N) is 1. The zero-order valence-corrected chi connectivity index (χ0v) is 44.4. The Morgan fingerprint density at radius 2 is 1.49 bits per heavy atom. The standard InChI is InChI=1S/C43H53N6O23P3S2/c50-33-20-37(70-34(33)23-69-74(64,65)72-75(66,67)71-73(61,62)63)49-21-25(39(55)48-42(49)59)9-8-17-44-35(51)15-18-76-77-24-32(40(56)45-16-7-1-2-14-36(52)46-31(41(57)58)19-38(53)54)47-43(60)68-22-30-28-12-5-3-10-26(28)27-11-4-6-13-29(27)30/h3-6,10-13,21,30-34,37,50H,1-2,7,14-20,22-24H2,(H,44,51)(H,45,56)(H,46,52)(H,47,60)(H,53,54)(H,57,58)(H,64,65)(H,66,67)(H,48,55,59)(H2,61,62,63). The number of aliphatic hydroxyl groups excluding tert-OH is 1. The lowest BCUT2D eigenvalue weighted by Gasteiger charge is -2.19. The van der Waals surface area contributed by atoms with Crippen molar-refractivity contribution in [1.29, 1.82) is 0 Å². The molecular weight excluding hydrogens is 1130 g/mol. The summed E-state index contributed by atoms with van der Waals surface area (Å²) in [7, 11) is -14.6. The molecule has 0 bridgehead atoms. The molecule has 0 spiro atoms. The van der Waals surface area contributed by atoms with Crippen LogP contribution in [0.25, 0.3) is 11.1 Å². The number of aromatic amines is 1. The molecule has 2 aliphatic rings. The van der Waals surface area contributed by atoms with Gasteiger partial charge in [-0.2, -0.15) is 8.62 Å². The first-order valence-electron chi connectivity index (χ1n) is 22.9. The van der Waals surface area contributed by atoms with Gasteiger partial charge < -0.3 is 65.6 Å². The first-order chi connectivity index (χ1) is 36.3. The quantitative estimate of drug-likeness (QED) is 0.0202. The normalized spacial score (nSPS) is 18.2. The number of hydrogen-bond donors (Lipinski definition) is 12. The number of aliphatic hydroxyl groups is 1. The number of unbranched alkanes of at least 4 members (excludes halogenated alkanes) is 2. The number of carboxylic acid groups (broad SMARTS) is 2. The first-order valence-corrected chi connectivity index (χ1v) is 29.9. The van der Waals surface area contributed by atoms with Gasteiger partial charge in [0.2, 0.25) is 17.7 Å². The van der Waals surface area contributed by atoms with Gasteiger partial charge in [0.1, 0.15) is 36.6 Å². The number of carbonyl (C=O) groups is 6. The number of alkyl carbamates (subject to hydrolysis) is 1. The number of hydrogen-bond acceptors (Lipinski definition) is 19. The number of rotatable bonds is 29. The van der Waals surface area contributed by atoms with Gasteiger partial charge in [0.25, 0.3) is 5.56 Å². The summed E-state index contributed by atoms with van der Waals surface area (Å²) < 4.78 is 58.3. The highest BCUT2D eigenvalue weighted by Gasteiger charge is 2.43. The van der Waals surface area contributed by atoms with Crippen molar-refractivity contribution in [3.05, 3.63) is 92.3 Å². The van der Waals surface area contributed by atoms with Crippen molar-refractivity contribution < 1.29 is 100.0 Å². The van der Waals surface area contributed by atoms with Crippen LogP contribution in [0.4, 0.5) is 4.79 Å². The molecule has 7 unspecified atom stereocenters. The molecule has 7 atom stereocenters. The number of carbonyl (C=O) groups excluding carboxylic acids is 4. The fourth-order valence-corrected chi connectivity index (χ4v) is 12.7. The minimum absolute atomic E-state index is 0.0155. The molecule has 0 radical (unpaired) electrons. The van der Waals surface area contributed by atoms with Gasteiger partial charge in [-0.25, -0.2) is 28.1 Å². The number of H-pyrrole nitrogens is 1. The molecule has 1 aliphatic carbocycles. The third-order valence-electron chi connectivity index (χ3n) is 11.0. The predicted octanol–water partition coefficient (Wildman–Crippen LogP) is 1.40. The zero-order chi connectivity index (χ0) is 56.5. The van der Waals surface area contributed by atoms with Gasteiger partial charge in [0.05, 0.1) is 25.7 Å². The van der Waals surface area contributed by atoms with E-state index in [2.05, 4.69) is 46.3 Å². The van der Waals surface area contributed by atoms with Crippen molar-refractivity contribution >= 4 is 80.8 Å². The molecule has 1 aliphatic heterocycles. The molecule has 1 aromatic heterocycles.